The molecule has 0 saturated heterocycles. The summed E-state index contributed by atoms with van der Waals surface area (Å²) >= 11 is 0. The summed E-state index contributed by atoms with van der Waals surface area (Å²) in [5.74, 6) is 1.52. The molecule has 3 amide bonds. The molecule has 0 saturated carbocycles. The lowest BCUT2D eigenvalue weighted by Gasteiger charge is -2.23. The van der Waals surface area contributed by atoms with Crippen molar-refractivity contribution in [1.82, 2.24) is 15.3 Å². The van der Waals surface area contributed by atoms with Crippen LogP contribution in [0.15, 0.2) is 73.1 Å². The van der Waals surface area contributed by atoms with Crippen LogP contribution in [0.4, 0.5) is 16.2 Å². The van der Waals surface area contributed by atoms with Gasteiger partial charge in [0.05, 0.1) is 37.9 Å². The Hall–Kier alpha value is -4.88. The molecule has 47 heavy (non-hydrogen) atoms. The average molecular weight is 662 g/mol. The van der Waals surface area contributed by atoms with Crippen LogP contribution >= 0.6 is 0 Å². The van der Waals surface area contributed by atoms with Gasteiger partial charge in [0, 0.05) is 43.0 Å². The molecule has 12 nitrogen and oxygen atoms in total. The highest BCUT2D eigenvalue weighted by Crippen LogP contribution is 2.40. The second kappa shape index (κ2) is 14.7. The summed E-state index contributed by atoms with van der Waals surface area (Å²) in [4.78, 5) is 28.8. The lowest BCUT2D eigenvalue weighted by molar-refractivity contribution is -0.118. The molecule has 3 aromatic carbocycles. The van der Waals surface area contributed by atoms with Gasteiger partial charge in [-0.05, 0) is 67.6 Å². The third-order valence-electron chi connectivity index (χ3n) is 7.88. The number of carbonyl (C=O) groups is 2. The van der Waals surface area contributed by atoms with Crippen LogP contribution in [0.5, 0.6) is 11.5 Å². The maximum atomic E-state index is 13.4. The third kappa shape index (κ3) is 8.48. The number of hydrogen-bond acceptors (Lipinski definition) is 8. The van der Waals surface area contributed by atoms with Gasteiger partial charge in [-0.2, -0.15) is 19.0 Å². The monoisotopic (exact) mass is 661 g/mol. The number of carbonyl (C=O) groups excluding carboxylic acids is 2. The highest BCUT2D eigenvalue weighted by atomic mass is 32.2. The molecule has 1 aromatic heterocycles. The number of fused-ring (bicyclic) bond motifs is 1. The van der Waals surface area contributed by atoms with Crippen molar-refractivity contribution in [2.45, 2.75) is 39.7 Å². The molecule has 13 heteroatoms. The number of ether oxygens (including phenoxy) is 2. The SMILES string of the molecule is Cc1cccc(OCCCC(=O)N2CCCOc3c(-c4cnn(Cc5cccc(N(C)C(=O)NOS(C)(=O)=O)c5)c4)cccc32)c1C. The van der Waals surface area contributed by atoms with Crippen LogP contribution in [0.3, 0.4) is 0 Å². The van der Waals surface area contributed by atoms with Crippen molar-refractivity contribution >= 4 is 33.4 Å². The fourth-order valence-electron chi connectivity index (χ4n) is 5.25. The molecule has 0 spiro atoms. The van der Waals surface area contributed by atoms with E-state index in [0.29, 0.717) is 57.0 Å². The van der Waals surface area contributed by atoms with Crippen LogP contribution in [-0.4, -0.2) is 63.2 Å². The number of urea groups is 1. The Labute approximate surface area is 274 Å². The fourth-order valence-corrected chi connectivity index (χ4v) is 5.47. The van der Waals surface area contributed by atoms with Gasteiger partial charge in [-0.1, -0.05) is 36.4 Å². The first-order chi connectivity index (χ1) is 22.5. The van der Waals surface area contributed by atoms with Crippen molar-refractivity contribution in [3.63, 3.8) is 0 Å². The fraction of sp³-hybridized carbons (Fsp3) is 0.324. The van der Waals surface area contributed by atoms with E-state index in [1.54, 1.807) is 29.1 Å². The molecular formula is C34H39N5O7S. The summed E-state index contributed by atoms with van der Waals surface area (Å²) in [7, 11) is -2.34. The predicted octanol–water partition coefficient (Wildman–Crippen LogP) is 5.23. The Morgan fingerprint density at radius 1 is 1.09 bits per heavy atom. The number of anilines is 2. The number of amides is 3. The number of aromatic nitrogens is 2. The molecule has 0 unspecified atom stereocenters. The van der Waals surface area contributed by atoms with Crippen LogP contribution < -0.4 is 24.8 Å². The molecule has 0 bridgehead atoms. The minimum Gasteiger partial charge on any atom is -0.493 e. The summed E-state index contributed by atoms with van der Waals surface area (Å²) in [6, 6.07) is 18.2. The molecule has 1 aliphatic heterocycles. The van der Waals surface area contributed by atoms with Gasteiger partial charge in [0.25, 0.3) is 10.1 Å². The van der Waals surface area contributed by atoms with Crippen LogP contribution in [-0.2, 0) is 25.7 Å². The standard InChI is InChI=1S/C34H39N5O7S/c1-24-10-5-15-31(25(24)2)44-18-8-16-32(40)39-17-9-19-45-33-29(13-7-14-30(33)39)27-21-35-38(23-27)22-26-11-6-12-28(20-26)37(3)34(41)36-46-47(4,42)43/h5-7,10-15,20-21,23H,8-9,16-19,22H2,1-4H3,(H,36,41). The quantitative estimate of drug-likeness (QED) is 0.171. The van der Waals surface area contributed by atoms with Gasteiger partial charge in [-0.25, -0.2) is 4.79 Å². The summed E-state index contributed by atoms with van der Waals surface area (Å²) < 4.78 is 40.8. The zero-order valence-electron chi connectivity index (χ0n) is 26.9. The molecule has 0 atom stereocenters. The second-order valence-corrected chi connectivity index (χ2v) is 13.0. The van der Waals surface area contributed by atoms with E-state index < -0.39 is 16.1 Å². The van der Waals surface area contributed by atoms with E-state index in [2.05, 4.69) is 22.4 Å². The number of para-hydroxylation sites is 1. The Balaban J connectivity index is 1.25. The third-order valence-corrected chi connectivity index (χ3v) is 8.26. The summed E-state index contributed by atoms with van der Waals surface area (Å²) in [5, 5.41) is 4.55. The Morgan fingerprint density at radius 2 is 1.87 bits per heavy atom. The molecule has 1 aliphatic rings. The minimum absolute atomic E-state index is 0.0237. The molecule has 4 aromatic rings. The van der Waals surface area contributed by atoms with Crippen molar-refractivity contribution in [3.8, 4) is 22.6 Å². The highest BCUT2D eigenvalue weighted by molar-refractivity contribution is 7.85. The van der Waals surface area contributed by atoms with Crippen molar-refractivity contribution in [3.05, 3.63) is 89.7 Å². The molecule has 5 rings (SSSR count). The molecule has 1 N–H and O–H groups in total. The van der Waals surface area contributed by atoms with E-state index in [9.17, 15) is 18.0 Å². The molecule has 0 radical (unpaired) electrons. The second-order valence-electron chi connectivity index (χ2n) is 11.4. The first kappa shape index (κ1) is 33.5. The Kier molecular flexibility index (Phi) is 10.5. The van der Waals surface area contributed by atoms with Gasteiger partial charge in [-0.3, -0.25) is 14.4 Å². The topological polar surface area (TPSA) is 132 Å². The maximum absolute atomic E-state index is 13.4. The summed E-state index contributed by atoms with van der Waals surface area (Å²) in [6.07, 6.45) is 6.17. The maximum Gasteiger partial charge on any atom is 0.346 e. The molecule has 0 fully saturated rings. The van der Waals surface area contributed by atoms with Gasteiger partial charge >= 0.3 is 6.03 Å². The van der Waals surface area contributed by atoms with Gasteiger partial charge in [-0.15, -0.1) is 4.28 Å². The predicted molar refractivity (Wildman–Crippen MR) is 179 cm³/mol. The number of hydrogen-bond donors (Lipinski definition) is 1. The van der Waals surface area contributed by atoms with Gasteiger partial charge in [0.2, 0.25) is 5.91 Å². The van der Waals surface area contributed by atoms with E-state index in [1.165, 1.54) is 17.5 Å². The van der Waals surface area contributed by atoms with E-state index in [-0.39, 0.29) is 5.91 Å². The smallest absolute Gasteiger partial charge is 0.346 e. The summed E-state index contributed by atoms with van der Waals surface area (Å²) in [5.41, 5.74) is 8.00. The number of benzene rings is 3. The first-order valence-corrected chi connectivity index (χ1v) is 17.1. The average Bonchev–Trinajstić information content (AvgIpc) is 3.39. The molecule has 2 heterocycles. The minimum atomic E-state index is -3.84. The lowest BCUT2D eigenvalue weighted by Crippen LogP contribution is -2.38. The number of nitrogens with one attached hydrogen (secondary N) is 1. The van der Waals surface area contributed by atoms with Crippen molar-refractivity contribution in [2.24, 2.45) is 0 Å². The van der Waals surface area contributed by atoms with Crippen LogP contribution in [0.1, 0.15) is 36.0 Å². The molecular weight excluding hydrogens is 622 g/mol. The van der Waals surface area contributed by atoms with Crippen LogP contribution in [0.2, 0.25) is 0 Å². The van der Waals surface area contributed by atoms with E-state index in [1.807, 2.05) is 59.9 Å². The van der Waals surface area contributed by atoms with E-state index in [4.69, 9.17) is 9.47 Å². The van der Waals surface area contributed by atoms with Crippen molar-refractivity contribution in [2.75, 3.05) is 42.9 Å². The number of rotatable bonds is 11. The zero-order chi connectivity index (χ0) is 33.6. The van der Waals surface area contributed by atoms with Gasteiger partial charge < -0.3 is 14.4 Å². The van der Waals surface area contributed by atoms with Crippen molar-refractivity contribution < 1.29 is 31.8 Å². The Morgan fingerprint density at radius 3 is 2.68 bits per heavy atom. The summed E-state index contributed by atoms with van der Waals surface area (Å²) in [6.45, 7) is 6.01. The normalized spacial score (nSPS) is 12.9. The van der Waals surface area contributed by atoms with Crippen molar-refractivity contribution in [1.29, 1.82) is 0 Å². The Bertz CT molecular complexity index is 1860. The zero-order valence-corrected chi connectivity index (χ0v) is 27.7. The lowest BCUT2D eigenvalue weighted by atomic mass is 10.1. The number of aryl methyl sites for hydroxylation is 1. The molecule has 0 aliphatic carbocycles. The van der Waals surface area contributed by atoms with Gasteiger partial charge in [0.1, 0.15) is 5.75 Å². The van der Waals surface area contributed by atoms with E-state index in [0.717, 1.165) is 39.9 Å². The largest absolute Gasteiger partial charge is 0.493 e. The van der Waals surface area contributed by atoms with Crippen LogP contribution in [0, 0.1) is 13.8 Å². The first-order valence-electron chi connectivity index (χ1n) is 15.3. The number of hydroxylamine groups is 1. The van der Waals surface area contributed by atoms with Crippen LogP contribution in [0.25, 0.3) is 11.1 Å². The highest BCUT2D eigenvalue weighted by Gasteiger charge is 2.25. The van der Waals surface area contributed by atoms with Gasteiger partial charge in [0.15, 0.2) is 5.75 Å². The van der Waals surface area contributed by atoms with E-state index >= 15 is 0 Å². The number of nitrogens with zero attached hydrogens (tertiary/aromatic N) is 4. The molecule has 248 valence electrons.